The lowest BCUT2D eigenvalue weighted by Gasteiger charge is -2.32. The Hall–Kier alpha value is -2.32. The molecule has 0 saturated carbocycles. The summed E-state index contributed by atoms with van der Waals surface area (Å²) in [6, 6.07) is 0. The molecule has 0 aliphatic carbocycles. The zero-order valence-corrected chi connectivity index (χ0v) is 15.6. The van der Waals surface area contributed by atoms with Gasteiger partial charge in [0, 0.05) is 55.4 Å². The highest BCUT2D eigenvalue weighted by atomic mass is 32.1. The van der Waals surface area contributed by atoms with Crippen molar-refractivity contribution in [2.45, 2.75) is 32.7 Å². The normalized spacial score (nSPS) is 18.3. The van der Waals surface area contributed by atoms with Crippen LogP contribution in [0.4, 0.5) is 5.13 Å². The van der Waals surface area contributed by atoms with Crippen molar-refractivity contribution in [3.63, 3.8) is 0 Å². The summed E-state index contributed by atoms with van der Waals surface area (Å²) >= 11 is 1.56. The van der Waals surface area contributed by atoms with E-state index >= 15 is 0 Å². The van der Waals surface area contributed by atoms with Gasteiger partial charge in [-0.05, 0) is 31.7 Å². The maximum Gasteiger partial charge on any atom is 0.223 e. The molecule has 26 heavy (non-hydrogen) atoms. The SMILES string of the molecule is CC(=O)Nc1ncc(CN2CCCC(Cc3cncc4nccn34)C2)s1. The largest absolute Gasteiger partial charge is 0.302 e. The van der Waals surface area contributed by atoms with E-state index < -0.39 is 0 Å². The van der Waals surface area contributed by atoms with Crippen molar-refractivity contribution in [3.8, 4) is 0 Å². The summed E-state index contributed by atoms with van der Waals surface area (Å²) in [4.78, 5) is 27.7. The van der Waals surface area contributed by atoms with Gasteiger partial charge in [0.15, 0.2) is 10.8 Å². The van der Waals surface area contributed by atoms with Gasteiger partial charge >= 0.3 is 0 Å². The minimum atomic E-state index is -0.0776. The lowest BCUT2D eigenvalue weighted by atomic mass is 9.93. The van der Waals surface area contributed by atoms with Gasteiger partial charge in [0.1, 0.15) is 0 Å². The fraction of sp³-hybridized carbons (Fsp3) is 0.444. The number of anilines is 1. The number of aromatic nitrogens is 4. The molecule has 3 aromatic heterocycles. The molecule has 8 heteroatoms. The van der Waals surface area contributed by atoms with E-state index in [0.29, 0.717) is 11.0 Å². The van der Waals surface area contributed by atoms with Crippen LogP contribution in [0.2, 0.25) is 0 Å². The first-order valence-electron chi connectivity index (χ1n) is 8.88. The summed E-state index contributed by atoms with van der Waals surface area (Å²) < 4.78 is 2.13. The number of fused-ring (bicyclic) bond motifs is 1. The van der Waals surface area contributed by atoms with Gasteiger partial charge in [0.25, 0.3) is 0 Å². The summed E-state index contributed by atoms with van der Waals surface area (Å²) in [7, 11) is 0. The molecular weight excluding hydrogens is 348 g/mol. The minimum absolute atomic E-state index is 0.0776. The highest BCUT2D eigenvalue weighted by molar-refractivity contribution is 7.15. The minimum Gasteiger partial charge on any atom is -0.302 e. The first-order chi connectivity index (χ1) is 12.7. The monoisotopic (exact) mass is 370 g/mol. The quantitative estimate of drug-likeness (QED) is 0.747. The van der Waals surface area contributed by atoms with Crippen LogP contribution in [0.3, 0.4) is 0 Å². The Labute approximate surface area is 156 Å². The maximum atomic E-state index is 11.1. The van der Waals surface area contributed by atoms with Crippen molar-refractivity contribution in [1.29, 1.82) is 0 Å². The van der Waals surface area contributed by atoms with Crippen LogP contribution >= 0.6 is 11.3 Å². The number of hydrogen-bond acceptors (Lipinski definition) is 6. The molecular formula is C18H22N6OS. The number of amides is 1. The van der Waals surface area contributed by atoms with Crippen LogP contribution in [0.25, 0.3) is 5.65 Å². The standard InChI is InChI=1S/C18H22N6OS/c1-13(25)22-18-21-9-16(26-18)12-23-5-2-3-14(11-23)7-15-8-19-10-17-20-4-6-24(15)17/h4,6,8-10,14H,2-3,5,7,11-12H2,1H3,(H,21,22,25). The van der Waals surface area contributed by atoms with E-state index in [4.69, 9.17) is 0 Å². The van der Waals surface area contributed by atoms with Crippen molar-refractivity contribution in [1.82, 2.24) is 24.3 Å². The smallest absolute Gasteiger partial charge is 0.223 e. The lowest BCUT2D eigenvalue weighted by molar-refractivity contribution is -0.114. The average molecular weight is 370 g/mol. The molecule has 1 unspecified atom stereocenters. The maximum absolute atomic E-state index is 11.1. The van der Waals surface area contributed by atoms with Gasteiger partial charge in [-0.15, -0.1) is 11.3 Å². The van der Waals surface area contributed by atoms with Gasteiger partial charge in [-0.3, -0.25) is 14.7 Å². The van der Waals surface area contributed by atoms with E-state index in [1.807, 2.05) is 24.8 Å². The molecule has 1 aliphatic rings. The topological polar surface area (TPSA) is 75.4 Å². The lowest BCUT2D eigenvalue weighted by Crippen LogP contribution is -2.35. The van der Waals surface area contributed by atoms with Crippen LogP contribution in [-0.2, 0) is 17.8 Å². The average Bonchev–Trinajstić information content (AvgIpc) is 3.25. The fourth-order valence-electron chi connectivity index (χ4n) is 3.62. The highest BCUT2D eigenvalue weighted by Crippen LogP contribution is 2.25. The number of piperidine rings is 1. The summed E-state index contributed by atoms with van der Waals surface area (Å²) in [6.45, 7) is 4.57. The number of likely N-dealkylation sites (tertiary alicyclic amines) is 1. The first-order valence-corrected chi connectivity index (χ1v) is 9.69. The molecule has 1 amide bonds. The number of thiazole rings is 1. The molecule has 1 saturated heterocycles. The molecule has 0 aromatic carbocycles. The molecule has 0 radical (unpaired) electrons. The van der Waals surface area contributed by atoms with E-state index in [1.165, 1.54) is 30.3 Å². The van der Waals surface area contributed by atoms with Gasteiger partial charge in [0.05, 0.1) is 6.20 Å². The van der Waals surface area contributed by atoms with Crippen LogP contribution < -0.4 is 5.32 Å². The van der Waals surface area contributed by atoms with Crippen molar-refractivity contribution in [2.24, 2.45) is 5.92 Å². The fourth-order valence-corrected chi connectivity index (χ4v) is 4.52. The summed E-state index contributed by atoms with van der Waals surface area (Å²) in [5.74, 6) is 0.535. The number of rotatable bonds is 5. The van der Waals surface area contributed by atoms with Crippen LogP contribution in [-0.4, -0.2) is 43.2 Å². The second-order valence-corrected chi connectivity index (χ2v) is 7.93. The molecule has 1 N–H and O–H groups in total. The molecule has 1 fully saturated rings. The second-order valence-electron chi connectivity index (χ2n) is 6.81. The third kappa shape index (κ3) is 3.91. The molecule has 1 aliphatic heterocycles. The van der Waals surface area contributed by atoms with Crippen LogP contribution in [0.15, 0.2) is 31.0 Å². The number of carbonyl (C=O) groups is 1. The Bertz CT molecular complexity index is 904. The van der Waals surface area contributed by atoms with Gasteiger partial charge in [0.2, 0.25) is 5.91 Å². The molecule has 3 aromatic rings. The number of imidazole rings is 1. The van der Waals surface area contributed by atoms with Crippen LogP contribution in [0.5, 0.6) is 0 Å². The Kier molecular flexibility index (Phi) is 4.94. The molecule has 4 rings (SSSR count). The number of carbonyl (C=O) groups excluding carboxylic acids is 1. The number of nitrogens with one attached hydrogen (secondary N) is 1. The van der Waals surface area contributed by atoms with Crippen molar-refractivity contribution in [3.05, 3.63) is 41.6 Å². The predicted octanol–water partition coefficient (Wildman–Crippen LogP) is 2.60. The zero-order chi connectivity index (χ0) is 17.9. The molecule has 1 atom stereocenters. The van der Waals surface area contributed by atoms with E-state index in [9.17, 15) is 4.79 Å². The third-order valence-electron chi connectivity index (χ3n) is 4.71. The van der Waals surface area contributed by atoms with Crippen molar-refractivity contribution < 1.29 is 4.79 Å². The number of hydrogen-bond donors (Lipinski definition) is 1. The van der Waals surface area contributed by atoms with E-state index in [2.05, 4.69) is 29.6 Å². The first kappa shape index (κ1) is 17.1. The summed E-state index contributed by atoms with van der Waals surface area (Å²) in [5.41, 5.74) is 2.13. The highest BCUT2D eigenvalue weighted by Gasteiger charge is 2.22. The molecule has 136 valence electrons. The molecule has 0 bridgehead atoms. The predicted molar refractivity (Wildman–Crippen MR) is 101 cm³/mol. The molecule has 0 spiro atoms. The van der Waals surface area contributed by atoms with Crippen LogP contribution in [0, 0.1) is 5.92 Å². The number of nitrogens with zero attached hydrogens (tertiary/aromatic N) is 5. The van der Waals surface area contributed by atoms with Gasteiger partial charge < -0.3 is 9.72 Å². The summed E-state index contributed by atoms with van der Waals surface area (Å²) in [5, 5.41) is 3.43. The zero-order valence-electron chi connectivity index (χ0n) is 14.8. The second kappa shape index (κ2) is 7.51. The molecule has 4 heterocycles. The Morgan fingerprint density at radius 1 is 1.35 bits per heavy atom. The Morgan fingerprint density at radius 2 is 2.27 bits per heavy atom. The van der Waals surface area contributed by atoms with E-state index in [0.717, 1.165) is 31.7 Å². The summed E-state index contributed by atoms with van der Waals surface area (Å²) in [6.07, 6.45) is 12.9. The Balaban J connectivity index is 1.39. The van der Waals surface area contributed by atoms with E-state index in [1.54, 1.807) is 17.5 Å². The van der Waals surface area contributed by atoms with Crippen molar-refractivity contribution >= 4 is 28.0 Å². The molecule has 7 nitrogen and oxygen atoms in total. The van der Waals surface area contributed by atoms with Gasteiger partial charge in [-0.1, -0.05) is 0 Å². The van der Waals surface area contributed by atoms with Gasteiger partial charge in [-0.2, -0.15) is 0 Å². The van der Waals surface area contributed by atoms with Gasteiger partial charge in [-0.25, -0.2) is 9.97 Å². The van der Waals surface area contributed by atoms with E-state index in [-0.39, 0.29) is 5.91 Å². The van der Waals surface area contributed by atoms with Crippen LogP contribution in [0.1, 0.15) is 30.3 Å². The Morgan fingerprint density at radius 3 is 3.15 bits per heavy atom. The van der Waals surface area contributed by atoms with Crippen molar-refractivity contribution in [2.75, 3.05) is 18.4 Å². The third-order valence-corrected chi connectivity index (χ3v) is 5.61.